The standard InChI is InChI=1S/C21H29NO2S/c1-15-8-9-18-17(12-15)19(13-21(24-18)10-4-5-11-21)25-14-20(23)22-16-6-2-3-7-16/h8-9,12,16,19H,2-7,10-11,13-14H2,1H3,(H,22,23). The second-order valence-corrected chi connectivity index (χ2v) is 9.28. The van der Waals surface area contributed by atoms with Crippen LogP contribution in [0.1, 0.15) is 74.2 Å². The summed E-state index contributed by atoms with van der Waals surface area (Å²) in [6.07, 6.45) is 10.7. The molecular weight excluding hydrogens is 330 g/mol. The average Bonchev–Trinajstić information content (AvgIpc) is 3.26. The van der Waals surface area contributed by atoms with Gasteiger partial charge in [0, 0.05) is 23.3 Å². The maximum Gasteiger partial charge on any atom is 0.230 e. The predicted octanol–water partition coefficient (Wildman–Crippen LogP) is 4.92. The third-order valence-corrected chi connectivity index (χ3v) is 7.30. The molecule has 3 nitrogen and oxygen atoms in total. The minimum atomic E-state index is 0.0157. The Balaban J connectivity index is 1.45. The fourth-order valence-corrected chi connectivity index (χ4v) is 5.95. The summed E-state index contributed by atoms with van der Waals surface area (Å²) in [6, 6.07) is 6.94. The zero-order valence-corrected chi connectivity index (χ0v) is 16.0. The van der Waals surface area contributed by atoms with Gasteiger partial charge in [-0.1, -0.05) is 30.5 Å². The van der Waals surface area contributed by atoms with Crippen molar-refractivity contribution in [1.82, 2.24) is 5.32 Å². The largest absolute Gasteiger partial charge is 0.487 e. The third-order valence-electron chi connectivity index (χ3n) is 6.05. The van der Waals surface area contributed by atoms with Gasteiger partial charge in [-0.3, -0.25) is 4.79 Å². The van der Waals surface area contributed by atoms with Crippen molar-refractivity contribution in [3.05, 3.63) is 29.3 Å². The molecule has 1 aromatic rings. The lowest BCUT2D eigenvalue weighted by Gasteiger charge is -2.40. The van der Waals surface area contributed by atoms with Crippen LogP contribution >= 0.6 is 11.8 Å². The molecule has 1 aromatic carbocycles. The number of carbonyl (C=O) groups excluding carboxylic acids is 1. The van der Waals surface area contributed by atoms with Gasteiger partial charge in [-0.2, -0.15) is 0 Å². The van der Waals surface area contributed by atoms with E-state index >= 15 is 0 Å². The summed E-state index contributed by atoms with van der Waals surface area (Å²) in [6.45, 7) is 2.13. The molecule has 136 valence electrons. The number of carbonyl (C=O) groups is 1. The second kappa shape index (κ2) is 7.22. The summed E-state index contributed by atoms with van der Waals surface area (Å²) in [5, 5.41) is 3.60. The first-order chi connectivity index (χ1) is 12.1. The molecule has 4 heteroatoms. The second-order valence-electron chi connectivity index (χ2n) is 8.09. The van der Waals surface area contributed by atoms with Gasteiger partial charge in [-0.15, -0.1) is 11.8 Å². The predicted molar refractivity (Wildman–Crippen MR) is 103 cm³/mol. The molecule has 25 heavy (non-hydrogen) atoms. The number of hydrogen-bond acceptors (Lipinski definition) is 3. The molecule has 0 aromatic heterocycles. The molecule has 1 unspecified atom stereocenters. The van der Waals surface area contributed by atoms with E-state index in [0.717, 1.165) is 37.9 Å². The number of fused-ring (bicyclic) bond motifs is 1. The lowest BCUT2D eigenvalue weighted by atomic mass is 9.88. The Morgan fingerprint density at radius 2 is 2.00 bits per heavy atom. The van der Waals surface area contributed by atoms with Crippen molar-refractivity contribution in [3.63, 3.8) is 0 Å². The minimum Gasteiger partial charge on any atom is -0.487 e. The first-order valence-electron chi connectivity index (χ1n) is 9.84. The van der Waals surface area contributed by atoms with Crippen LogP contribution in [0, 0.1) is 6.92 Å². The Kier molecular flexibility index (Phi) is 4.99. The fourth-order valence-electron chi connectivity index (χ4n) is 4.73. The van der Waals surface area contributed by atoms with E-state index in [-0.39, 0.29) is 11.5 Å². The van der Waals surface area contributed by atoms with Gasteiger partial charge in [-0.25, -0.2) is 0 Å². The molecule has 2 aliphatic carbocycles. The molecular formula is C21H29NO2S. The Labute approximate surface area is 155 Å². The van der Waals surface area contributed by atoms with Gasteiger partial charge in [0.1, 0.15) is 11.4 Å². The van der Waals surface area contributed by atoms with Crippen LogP contribution in [-0.2, 0) is 4.79 Å². The average molecular weight is 360 g/mol. The Bertz CT molecular complexity index is 633. The topological polar surface area (TPSA) is 38.3 Å². The monoisotopic (exact) mass is 359 g/mol. The number of benzene rings is 1. The maximum atomic E-state index is 12.4. The molecule has 0 bridgehead atoms. The molecule has 1 atom stereocenters. The highest BCUT2D eigenvalue weighted by Gasteiger charge is 2.43. The fraction of sp³-hybridized carbons (Fsp3) is 0.667. The Hall–Kier alpha value is -1.16. The van der Waals surface area contributed by atoms with Crippen LogP contribution in [0.4, 0.5) is 0 Å². The minimum absolute atomic E-state index is 0.0157. The molecule has 2 fully saturated rings. The summed E-state index contributed by atoms with van der Waals surface area (Å²) in [4.78, 5) is 12.4. The Morgan fingerprint density at radius 1 is 1.24 bits per heavy atom. The number of aryl methyl sites for hydroxylation is 1. The van der Waals surface area contributed by atoms with E-state index in [1.165, 1.54) is 36.8 Å². The lowest BCUT2D eigenvalue weighted by molar-refractivity contribution is -0.119. The van der Waals surface area contributed by atoms with Gasteiger partial charge in [0.05, 0.1) is 5.75 Å². The molecule has 0 saturated heterocycles. The molecule has 1 aliphatic heterocycles. The summed E-state index contributed by atoms with van der Waals surface area (Å²) in [5.41, 5.74) is 2.57. The normalized spacial score (nSPS) is 24.9. The van der Waals surface area contributed by atoms with Gasteiger partial charge < -0.3 is 10.1 Å². The number of nitrogens with one attached hydrogen (secondary N) is 1. The van der Waals surface area contributed by atoms with E-state index in [1.807, 2.05) is 11.8 Å². The van der Waals surface area contributed by atoms with Gasteiger partial charge >= 0.3 is 0 Å². The number of hydrogen-bond donors (Lipinski definition) is 1. The molecule has 1 heterocycles. The Morgan fingerprint density at radius 3 is 2.76 bits per heavy atom. The van der Waals surface area contributed by atoms with Crippen LogP contribution in [0.3, 0.4) is 0 Å². The quantitative estimate of drug-likeness (QED) is 0.829. The lowest BCUT2D eigenvalue weighted by Crippen LogP contribution is -2.38. The van der Waals surface area contributed by atoms with Crippen molar-refractivity contribution >= 4 is 17.7 Å². The van der Waals surface area contributed by atoms with Gasteiger partial charge in [0.25, 0.3) is 0 Å². The van der Waals surface area contributed by atoms with Crippen LogP contribution < -0.4 is 10.1 Å². The first kappa shape index (κ1) is 17.3. The van der Waals surface area contributed by atoms with E-state index in [4.69, 9.17) is 4.74 Å². The molecule has 0 radical (unpaired) electrons. The van der Waals surface area contributed by atoms with E-state index < -0.39 is 0 Å². The zero-order chi connectivity index (χ0) is 17.3. The van der Waals surface area contributed by atoms with Crippen molar-refractivity contribution in [2.24, 2.45) is 0 Å². The molecule has 3 aliphatic rings. The van der Waals surface area contributed by atoms with Crippen LogP contribution in [-0.4, -0.2) is 23.3 Å². The molecule has 2 saturated carbocycles. The number of amides is 1. The van der Waals surface area contributed by atoms with Crippen molar-refractivity contribution in [3.8, 4) is 5.75 Å². The van der Waals surface area contributed by atoms with Crippen LogP contribution in [0.5, 0.6) is 5.75 Å². The van der Waals surface area contributed by atoms with Gasteiger partial charge in [0.15, 0.2) is 0 Å². The van der Waals surface area contributed by atoms with Gasteiger partial charge in [0.2, 0.25) is 5.91 Å². The van der Waals surface area contributed by atoms with Gasteiger partial charge in [-0.05, 0) is 51.5 Å². The van der Waals surface area contributed by atoms with Crippen molar-refractivity contribution < 1.29 is 9.53 Å². The van der Waals surface area contributed by atoms with Crippen molar-refractivity contribution in [1.29, 1.82) is 0 Å². The highest BCUT2D eigenvalue weighted by atomic mass is 32.2. The number of rotatable bonds is 4. The van der Waals surface area contributed by atoms with Crippen LogP contribution in [0.15, 0.2) is 18.2 Å². The van der Waals surface area contributed by atoms with E-state index in [2.05, 4.69) is 30.4 Å². The van der Waals surface area contributed by atoms with E-state index in [1.54, 1.807) is 0 Å². The molecule has 1 amide bonds. The molecule has 1 N–H and O–H groups in total. The SMILES string of the molecule is Cc1ccc2c(c1)C(SCC(=O)NC1CCCC1)CC1(CCCC1)O2. The van der Waals surface area contributed by atoms with Crippen molar-refractivity contribution in [2.45, 2.75) is 81.6 Å². The summed E-state index contributed by atoms with van der Waals surface area (Å²) in [7, 11) is 0. The number of thioether (sulfide) groups is 1. The molecule has 4 rings (SSSR count). The van der Waals surface area contributed by atoms with E-state index in [9.17, 15) is 4.79 Å². The smallest absolute Gasteiger partial charge is 0.230 e. The highest BCUT2D eigenvalue weighted by molar-refractivity contribution is 8.00. The van der Waals surface area contributed by atoms with E-state index in [0.29, 0.717) is 17.0 Å². The zero-order valence-electron chi connectivity index (χ0n) is 15.2. The van der Waals surface area contributed by atoms with Crippen LogP contribution in [0.25, 0.3) is 0 Å². The summed E-state index contributed by atoms with van der Waals surface area (Å²) >= 11 is 1.81. The maximum absolute atomic E-state index is 12.4. The molecule has 1 spiro atoms. The van der Waals surface area contributed by atoms with Crippen molar-refractivity contribution in [2.75, 3.05) is 5.75 Å². The first-order valence-corrected chi connectivity index (χ1v) is 10.9. The van der Waals surface area contributed by atoms with Crippen LogP contribution in [0.2, 0.25) is 0 Å². The number of ether oxygens (including phenoxy) is 1. The third kappa shape index (κ3) is 3.84. The summed E-state index contributed by atoms with van der Waals surface area (Å²) < 4.78 is 6.47. The summed E-state index contributed by atoms with van der Waals surface area (Å²) in [5.74, 6) is 1.82. The highest BCUT2D eigenvalue weighted by Crippen LogP contribution is 2.51.